The number of carbonyl (C=O) groups excluding carboxylic acids is 1. The van der Waals surface area contributed by atoms with Crippen LogP contribution in [0.5, 0.6) is 0 Å². The Kier molecular flexibility index (Phi) is 5.65. The SMILES string of the molecule is CC/C=C\CCOC(=O)c1cccc(Cl)c1. The van der Waals surface area contributed by atoms with E-state index in [0.717, 1.165) is 12.8 Å². The summed E-state index contributed by atoms with van der Waals surface area (Å²) in [4.78, 5) is 11.5. The van der Waals surface area contributed by atoms with Crippen molar-refractivity contribution in [1.29, 1.82) is 0 Å². The monoisotopic (exact) mass is 238 g/mol. The van der Waals surface area contributed by atoms with Crippen molar-refractivity contribution in [2.75, 3.05) is 6.61 Å². The highest BCUT2D eigenvalue weighted by Crippen LogP contribution is 2.11. The van der Waals surface area contributed by atoms with Gasteiger partial charge in [0, 0.05) is 5.02 Å². The third kappa shape index (κ3) is 4.49. The first-order chi connectivity index (χ1) is 7.74. The fourth-order valence-corrected chi connectivity index (χ4v) is 1.39. The van der Waals surface area contributed by atoms with Crippen molar-refractivity contribution in [2.45, 2.75) is 19.8 Å². The Labute approximate surface area is 101 Å². The van der Waals surface area contributed by atoms with Gasteiger partial charge in [-0.05, 0) is 31.0 Å². The molecule has 3 heteroatoms. The van der Waals surface area contributed by atoms with Crippen LogP contribution in [0.15, 0.2) is 36.4 Å². The molecule has 0 amide bonds. The summed E-state index contributed by atoms with van der Waals surface area (Å²) >= 11 is 5.77. The Hall–Kier alpha value is -1.28. The first kappa shape index (κ1) is 12.8. The molecule has 0 fully saturated rings. The summed E-state index contributed by atoms with van der Waals surface area (Å²) in [6, 6.07) is 6.75. The minimum absolute atomic E-state index is 0.326. The Morgan fingerprint density at radius 1 is 1.44 bits per heavy atom. The standard InChI is InChI=1S/C13H15ClO2/c1-2-3-4-5-9-16-13(15)11-7-6-8-12(14)10-11/h3-4,6-8,10H,2,5,9H2,1H3/b4-3-. The highest BCUT2D eigenvalue weighted by Gasteiger charge is 2.05. The van der Waals surface area contributed by atoms with Gasteiger partial charge in [0.25, 0.3) is 0 Å². The number of hydrogen-bond donors (Lipinski definition) is 0. The van der Waals surface area contributed by atoms with Gasteiger partial charge in [0.15, 0.2) is 0 Å². The van der Waals surface area contributed by atoms with E-state index >= 15 is 0 Å². The van der Waals surface area contributed by atoms with E-state index < -0.39 is 0 Å². The maximum Gasteiger partial charge on any atom is 0.338 e. The van der Waals surface area contributed by atoms with Gasteiger partial charge in [-0.3, -0.25) is 0 Å². The zero-order valence-electron chi connectivity index (χ0n) is 9.28. The minimum Gasteiger partial charge on any atom is -0.462 e. The van der Waals surface area contributed by atoms with Crippen LogP contribution in [0.25, 0.3) is 0 Å². The Bertz CT molecular complexity index is 372. The molecule has 0 aliphatic rings. The average molecular weight is 239 g/mol. The largest absolute Gasteiger partial charge is 0.462 e. The van der Waals surface area contributed by atoms with Crippen molar-refractivity contribution in [3.63, 3.8) is 0 Å². The molecule has 1 rings (SSSR count). The van der Waals surface area contributed by atoms with E-state index in [1.54, 1.807) is 24.3 Å². The highest BCUT2D eigenvalue weighted by molar-refractivity contribution is 6.30. The predicted octanol–water partition coefficient (Wildman–Crippen LogP) is 3.85. The molecule has 0 saturated carbocycles. The topological polar surface area (TPSA) is 26.3 Å². The van der Waals surface area contributed by atoms with E-state index in [0.29, 0.717) is 17.2 Å². The molecule has 1 aromatic carbocycles. The van der Waals surface area contributed by atoms with E-state index in [9.17, 15) is 4.79 Å². The molecule has 0 radical (unpaired) electrons. The van der Waals surface area contributed by atoms with Crippen LogP contribution in [-0.2, 0) is 4.74 Å². The zero-order chi connectivity index (χ0) is 11.8. The van der Waals surface area contributed by atoms with Crippen LogP contribution in [0, 0.1) is 0 Å². The van der Waals surface area contributed by atoms with Crippen LogP contribution < -0.4 is 0 Å². The number of allylic oxidation sites excluding steroid dienone is 1. The molecule has 16 heavy (non-hydrogen) atoms. The van der Waals surface area contributed by atoms with Crippen molar-refractivity contribution in [3.05, 3.63) is 47.0 Å². The van der Waals surface area contributed by atoms with E-state index in [-0.39, 0.29) is 5.97 Å². The van der Waals surface area contributed by atoms with Gasteiger partial charge in [0.2, 0.25) is 0 Å². The lowest BCUT2D eigenvalue weighted by atomic mass is 10.2. The fourth-order valence-electron chi connectivity index (χ4n) is 1.20. The van der Waals surface area contributed by atoms with Gasteiger partial charge in [-0.1, -0.05) is 36.7 Å². The second-order valence-electron chi connectivity index (χ2n) is 3.31. The molecule has 0 aliphatic heterocycles. The predicted molar refractivity (Wildman–Crippen MR) is 65.8 cm³/mol. The molecule has 1 aromatic rings. The van der Waals surface area contributed by atoms with Gasteiger partial charge in [-0.2, -0.15) is 0 Å². The molecule has 0 bridgehead atoms. The second kappa shape index (κ2) is 7.07. The molecular formula is C13H15ClO2. The molecule has 0 saturated heterocycles. The number of rotatable bonds is 5. The summed E-state index contributed by atoms with van der Waals surface area (Å²) in [5, 5.41) is 0.542. The number of benzene rings is 1. The molecule has 0 unspecified atom stereocenters. The fraction of sp³-hybridized carbons (Fsp3) is 0.308. The molecule has 0 aliphatic carbocycles. The van der Waals surface area contributed by atoms with Crippen LogP contribution in [0.4, 0.5) is 0 Å². The zero-order valence-corrected chi connectivity index (χ0v) is 10.0. The van der Waals surface area contributed by atoms with E-state index in [2.05, 4.69) is 6.92 Å². The second-order valence-corrected chi connectivity index (χ2v) is 3.75. The van der Waals surface area contributed by atoms with Crippen LogP contribution in [0.1, 0.15) is 30.1 Å². The van der Waals surface area contributed by atoms with Crippen LogP contribution in [-0.4, -0.2) is 12.6 Å². The number of ether oxygens (including phenoxy) is 1. The summed E-state index contributed by atoms with van der Waals surface area (Å²) in [5.41, 5.74) is 0.493. The third-order valence-corrected chi connectivity index (χ3v) is 2.22. The van der Waals surface area contributed by atoms with Crippen molar-refractivity contribution in [3.8, 4) is 0 Å². The molecule has 0 spiro atoms. The van der Waals surface area contributed by atoms with Gasteiger partial charge in [-0.25, -0.2) is 4.79 Å². The van der Waals surface area contributed by atoms with Crippen LogP contribution in [0.2, 0.25) is 5.02 Å². The summed E-state index contributed by atoms with van der Waals surface area (Å²) in [5.74, 6) is -0.326. The van der Waals surface area contributed by atoms with Gasteiger partial charge in [0.1, 0.15) is 0 Å². The molecular weight excluding hydrogens is 224 g/mol. The molecule has 86 valence electrons. The number of carbonyl (C=O) groups is 1. The van der Waals surface area contributed by atoms with Crippen molar-refractivity contribution in [2.24, 2.45) is 0 Å². The third-order valence-electron chi connectivity index (χ3n) is 1.98. The number of esters is 1. The Morgan fingerprint density at radius 3 is 2.94 bits per heavy atom. The first-order valence-corrected chi connectivity index (χ1v) is 5.69. The molecule has 0 N–H and O–H groups in total. The quantitative estimate of drug-likeness (QED) is 0.442. The maximum absolute atomic E-state index is 11.5. The summed E-state index contributed by atoms with van der Waals surface area (Å²) in [7, 11) is 0. The van der Waals surface area contributed by atoms with Crippen LogP contribution >= 0.6 is 11.6 Å². The van der Waals surface area contributed by atoms with Gasteiger partial charge in [-0.15, -0.1) is 0 Å². The lowest BCUT2D eigenvalue weighted by Gasteiger charge is -2.03. The first-order valence-electron chi connectivity index (χ1n) is 5.31. The summed E-state index contributed by atoms with van der Waals surface area (Å²) in [6.07, 6.45) is 5.81. The molecule has 0 aromatic heterocycles. The van der Waals surface area contributed by atoms with Crippen molar-refractivity contribution < 1.29 is 9.53 Å². The Balaban J connectivity index is 2.38. The minimum atomic E-state index is -0.326. The van der Waals surface area contributed by atoms with Crippen molar-refractivity contribution in [1.82, 2.24) is 0 Å². The number of halogens is 1. The molecule has 0 heterocycles. The van der Waals surface area contributed by atoms with Crippen molar-refractivity contribution >= 4 is 17.6 Å². The maximum atomic E-state index is 11.5. The highest BCUT2D eigenvalue weighted by atomic mass is 35.5. The summed E-state index contributed by atoms with van der Waals surface area (Å²) < 4.78 is 5.08. The van der Waals surface area contributed by atoms with Gasteiger partial charge in [0.05, 0.1) is 12.2 Å². The van der Waals surface area contributed by atoms with Gasteiger partial charge < -0.3 is 4.74 Å². The van der Waals surface area contributed by atoms with Gasteiger partial charge >= 0.3 is 5.97 Å². The molecule has 0 atom stereocenters. The normalized spacial score (nSPS) is 10.6. The number of hydrogen-bond acceptors (Lipinski definition) is 2. The molecule has 2 nitrogen and oxygen atoms in total. The van der Waals surface area contributed by atoms with E-state index in [4.69, 9.17) is 16.3 Å². The summed E-state index contributed by atoms with van der Waals surface area (Å²) in [6.45, 7) is 2.47. The Morgan fingerprint density at radius 2 is 2.25 bits per heavy atom. The lowest BCUT2D eigenvalue weighted by Crippen LogP contribution is -2.05. The van der Waals surface area contributed by atoms with E-state index in [1.807, 2.05) is 12.2 Å². The van der Waals surface area contributed by atoms with E-state index in [1.165, 1.54) is 0 Å². The average Bonchev–Trinajstić information content (AvgIpc) is 2.28. The van der Waals surface area contributed by atoms with Crippen LogP contribution in [0.3, 0.4) is 0 Å². The lowest BCUT2D eigenvalue weighted by molar-refractivity contribution is 0.0511. The smallest absolute Gasteiger partial charge is 0.338 e.